The normalized spacial score (nSPS) is 19.1. The Balaban J connectivity index is 1.24. The molecule has 1 N–H and O–H groups in total. The van der Waals surface area contributed by atoms with Crippen molar-refractivity contribution >= 4 is 11.7 Å². The zero-order valence-electron chi connectivity index (χ0n) is 17.8. The van der Waals surface area contributed by atoms with Crippen LogP contribution in [0.5, 0.6) is 5.75 Å². The number of carbonyl (C=O) groups is 1. The number of nitrogens with one attached hydrogen (secondary N) is 1. The molecule has 1 unspecified atom stereocenters. The van der Waals surface area contributed by atoms with Gasteiger partial charge in [-0.1, -0.05) is 35.5 Å². The number of urea groups is 1. The minimum absolute atomic E-state index is 0.101. The van der Waals surface area contributed by atoms with Crippen LogP contribution >= 0.6 is 0 Å². The van der Waals surface area contributed by atoms with Crippen LogP contribution in [0.1, 0.15) is 31.0 Å². The lowest BCUT2D eigenvalue weighted by Gasteiger charge is -2.19. The highest BCUT2D eigenvalue weighted by molar-refractivity contribution is 5.89. The molecule has 3 heterocycles. The molecule has 166 valence electrons. The molecule has 32 heavy (non-hydrogen) atoms. The van der Waals surface area contributed by atoms with Gasteiger partial charge in [-0.15, -0.1) is 0 Å². The Morgan fingerprint density at radius 3 is 2.66 bits per heavy atom. The maximum atomic E-state index is 12.6. The van der Waals surface area contributed by atoms with E-state index in [4.69, 9.17) is 14.0 Å². The molecule has 1 atom stereocenters. The number of anilines is 1. The molecule has 3 aromatic rings. The van der Waals surface area contributed by atoms with Crippen molar-refractivity contribution < 1.29 is 18.8 Å². The van der Waals surface area contributed by atoms with Crippen LogP contribution in [0.4, 0.5) is 10.5 Å². The third-order valence-corrected chi connectivity index (χ3v) is 5.90. The molecule has 0 bridgehead atoms. The van der Waals surface area contributed by atoms with Crippen LogP contribution in [0.15, 0.2) is 59.1 Å². The average Bonchev–Trinajstić information content (AvgIpc) is 3.51. The standard InChI is InChI=1S/C24H26N4O4/c29-24(25-18-6-2-1-3-7-18)28-13-10-19(16-28)31-21-9-5-4-8-20(21)23-26-22(27-32-23)17-11-14-30-15-12-17/h1-9,17,19H,10-16H2,(H,25,29). The molecule has 2 aliphatic heterocycles. The van der Waals surface area contributed by atoms with Gasteiger partial charge in [-0.25, -0.2) is 4.79 Å². The monoisotopic (exact) mass is 434 g/mol. The Labute approximate surface area is 186 Å². The first kappa shape index (κ1) is 20.5. The molecule has 2 fully saturated rings. The molecule has 2 amide bonds. The lowest BCUT2D eigenvalue weighted by Crippen LogP contribution is -2.34. The van der Waals surface area contributed by atoms with Crippen LogP contribution in [-0.2, 0) is 4.74 Å². The first-order valence-electron chi connectivity index (χ1n) is 11.0. The van der Waals surface area contributed by atoms with E-state index in [0.29, 0.717) is 24.7 Å². The van der Waals surface area contributed by atoms with Gasteiger partial charge in [-0.2, -0.15) is 4.98 Å². The van der Waals surface area contributed by atoms with E-state index in [1.54, 1.807) is 4.90 Å². The minimum Gasteiger partial charge on any atom is -0.488 e. The SMILES string of the molecule is O=C(Nc1ccccc1)N1CCC(Oc2ccccc2-c2nc(C3CCOCC3)no2)C1. The van der Waals surface area contributed by atoms with E-state index in [-0.39, 0.29) is 18.1 Å². The summed E-state index contributed by atoms with van der Waals surface area (Å²) in [5, 5.41) is 7.13. The van der Waals surface area contributed by atoms with Gasteiger partial charge in [0, 0.05) is 37.8 Å². The summed E-state index contributed by atoms with van der Waals surface area (Å²) in [4.78, 5) is 19.0. The van der Waals surface area contributed by atoms with Gasteiger partial charge in [0.15, 0.2) is 5.82 Å². The zero-order valence-corrected chi connectivity index (χ0v) is 17.8. The molecule has 0 spiro atoms. The Bertz CT molecular complexity index is 1050. The summed E-state index contributed by atoms with van der Waals surface area (Å²) >= 11 is 0. The van der Waals surface area contributed by atoms with Crippen LogP contribution in [0.3, 0.4) is 0 Å². The van der Waals surface area contributed by atoms with Crippen LogP contribution in [-0.4, -0.2) is 53.5 Å². The van der Waals surface area contributed by atoms with E-state index < -0.39 is 0 Å². The van der Waals surface area contributed by atoms with Gasteiger partial charge < -0.3 is 24.2 Å². The fourth-order valence-electron chi connectivity index (χ4n) is 4.12. The van der Waals surface area contributed by atoms with E-state index in [1.807, 2.05) is 54.6 Å². The zero-order chi connectivity index (χ0) is 21.8. The van der Waals surface area contributed by atoms with Gasteiger partial charge in [0.05, 0.1) is 12.1 Å². The largest absolute Gasteiger partial charge is 0.488 e. The van der Waals surface area contributed by atoms with Gasteiger partial charge in [-0.05, 0) is 37.1 Å². The number of aromatic nitrogens is 2. The van der Waals surface area contributed by atoms with Gasteiger partial charge in [-0.3, -0.25) is 0 Å². The second-order valence-electron chi connectivity index (χ2n) is 8.11. The van der Waals surface area contributed by atoms with Gasteiger partial charge in [0.2, 0.25) is 0 Å². The first-order chi connectivity index (χ1) is 15.8. The summed E-state index contributed by atoms with van der Waals surface area (Å²) < 4.78 is 17.3. The molecule has 2 aromatic carbocycles. The van der Waals surface area contributed by atoms with Gasteiger partial charge in [0.25, 0.3) is 5.89 Å². The summed E-state index contributed by atoms with van der Waals surface area (Å²) in [6.45, 7) is 2.61. The molecule has 5 rings (SSSR count). The molecule has 0 radical (unpaired) electrons. The number of amides is 2. The number of para-hydroxylation sites is 2. The number of carbonyl (C=O) groups excluding carboxylic acids is 1. The summed E-state index contributed by atoms with van der Waals surface area (Å²) in [5.41, 5.74) is 1.55. The van der Waals surface area contributed by atoms with E-state index in [0.717, 1.165) is 49.6 Å². The van der Waals surface area contributed by atoms with E-state index in [2.05, 4.69) is 15.5 Å². The van der Waals surface area contributed by atoms with Gasteiger partial charge >= 0.3 is 6.03 Å². The van der Waals surface area contributed by atoms with Gasteiger partial charge in [0.1, 0.15) is 11.9 Å². The van der Waals surface area contributed by atoms with E-state index >= 15 is 0 Å². The van der Waals surface area contributed by atoms with E-state index in [1.165, 1.54) is 0 Å². The van der Waals surface area contributed by atoms with Crippen LogP contribution in [0.2, 0.25) is 0 Å². The van der Waals surface area contributed by atoms with Crippen molar-refractivity contribution in [1.29, 1.82) is 0 Å². The Morgan fingerprint density at radius 2 is 1.81 bits per heavy atom. The van der Waals surface area contributed by atoms with Crippen molar-refractivity contribution in [3.8, 4) is 17.2 Å². The second-order valence-corrected chi connectivity index (χ2v) is 8.11. The lowest BCUT2D eigenvalue weighted by molar-refractivity contribution is 0.0830. The van der Waals surface area contributed by atoms with Crippen LogP contribution < -0.4 is 10.1 Å². The second kappa shape index (κ2) is 9.40. The summed E-state index contributed by atoms with van der Waals surface area (Å²) in [7, 11) is 0. The van der Waals surface area contributed by atoms with Crippen molar-refractivity contribution in [2.24, 2.45) is 0 Å². The Hall–Kier alpha value is -3.39. The molecule has 8 heteroatoms. The lowest BCUT2D eigenvalue weighted by atomic mass is 10.00. The maximum absolute atomic E-state index is 12.6. The fourth-order valence-corrected chi connectivity index (χ4v) is 4.12. The number of benzene rings is 2. The third kappa shape index (κ3) is 4.60. The van der Waals surface area contributed by atoms with Crippen LogP contribution in [0.25, 0.3) is 11.5 Å². The number of likely N-dealkylation sites (tertiary alicyclic amines) is 1. The molecular formula is C24H26N4O4. The van der Waals surface area contributed by atoms with Crippen LogP contribution in [0, 0.1) is 0 Å². The first-order valence-corrected chi connectivity index (χ1v) is 11.0. The number of hydrogen-bond donors (Lipinski definition) is 1. The predicted octanol–water partition coefficient (Wildman–Crippen LogP) is 4.32. The van der Waals surface area contributed by atoms with E-state index in [9.17, 15) is 4.79 Å². The highest BCUT2D eigenvalue weighted by Crippen LogP contribution is 2.33. The highest BCUT2D eigenvalue weighted by Gasteiger charge is 2.29. The van der Waals surface area contributed by atoms with Crippen molar-refractivity contribution in [3.05, 3.63) is 60.4 Å². The summed E-state index contributed by atoms with van der Waals surface area (Å²) in [6.07, 6.45) is 2.46. The van der Waals surface area contributed by atoms with Crippen molar-refractivity contribution in [2.75, 3.05) is 31.6 Å². The summed E-state index contributed by atoms with van der Waals surface area (Å²) in [5.74, 6) is 2.13. The fraction of sp³-hybridized carbons (Fsp3) is 0.375. The molecular weight excluding hydrogens is 408 g/mol. The number of ether oxygens (including phenoxy) is 2. The molecule has 2 saturated heterocycles. The molecule has 2 aliphatic rings. The Kier molecular flexibility index (Phi) is 6.02. The minimum atomic E-state index is -0.117. The third-order valence-electron chi connectivity index (χ3n) is 5.90. The highest BCUT2D eigenvalue weighted by atomic mass is 16.5. The Morgan fingerprint density at radius 1 is 1.03 bits per heavy atom. The van der Waals surface area contributed by atoms with Crippen molar-refractivity contribution in [2.45, 2.75) is 31.3 Å². The topological polar surface area (TPSA) is 89.7 Å². The number of nitrogens with zero attached hydrogens (tertiary/aromatic N) is 3. The predicted molar refractivity (Wildman–Crippen MR) is 119 cm³/mol. The molecule has 1 aromatic heterocycles. The van der Waals surface area contributed by atoms with Crippen molar-refractivity contribution in [3.63, 3.8) is 0 Å². The molecule has 0 aliphatic carbocycles. The quantitative estimate of drug-likeness (QED) is 0.643. The summed E-state index contributed by atoms with van der Waals surface area (Å²) in [6, 6.07) is 17.0. The number of hydrogen-bond acceptors (Lipinski definition) is 6. The average molecular weight is 434 g/mol. The smallest absolute Gasteiger partial charge is 0.321 e. The number of rotatable bonds is 5. The van der Waals surface area contributed by atoms with Crippen molar-refractivity contribution in [1.82, 2.24) is 15.0 Å². The molecule has 8 nitrogen and oxygen atoms in total. The molecule has 0 saturated carbocycles. The maximum Gasteiger partial charge on any atom is 0.321 e.